The molecule has 0 spiro atoms. The topological polar surface area (TPSA) is 26.0 Å². The van der Waals surface area contributed by atoms with E-state index in [2.05, 4.69) is 40.2 Å². The van der Waals surface area contributed by atoms with Gasteiger partial charge in [-0.2, -0.15) is 0 Å². The maximum Gasteiger partial charge on any atom is 0.0595 e. The molecule has 0 bridgehead atoms. The third-order valence-electron chi connectivity index (χ3n) is 3.20. The Morgan fingerprint density at radius 3 is 2.53 bits per heavy atom. The van der Waals surface area contributed by atoms with E-state index in [-0.39, 0.29) is 6.04 Å². The zero-order valence-electron chi connectivity index (χ0n) is 10.7. The quantitative estimate of drug-likeness (QED) is 0.804. The van der Waals surface area contributed by atoms with Crippen molar-refractivity contribution < 1.29 is 0 Å². The predicted octanol–water partition coefficient (Wildman–Crippen LogP) is 5.13. The van der Waals surface area contributed by atoms with E-state index in [0.29, 0.717) is 0 Å². The van der Waals surface area contributed by atoms with Crippen LogP contribution in [0, 0.1) is 0 Å². The zero-order chi connectivity index (χ0) is 13.7. The van der Waals surface area contributed by atoms with Crippen molar-refractivity contribution in [2.75, 3.05) is 0 Å². The molecule has 0 saturated carbocycles. The van der Waals surface area contributed by atoms with Crippen LogP contribution in [0.5, 0.6) is 0 Å². The van der Waals surface area contributed by atoms with Gasteiger partial charge in [-0.15, -0.1) is 0 Å². The SMILES string of the molecule is NC(CCCc1ccccc1)c1cccc(Br)c1Cl. The van der Waals surface area contributed by atoms with Gasteiger partial charge < -0.3 is 5.73 Å². The first kappa shape index (κ1) is 14.6. The number of rotatable bonds is 5. The Labute approximate surface area is 127 Å². The molecule has 0 aliphatic rings. The molecule has 2 aromatic carbocycles. The van der Waals surface area contributed by atoms with E-state index in [0.717, 1.165) is 34.3 Å². The molecule has 1 nitrogen and oxygen atoms in total. The van der Waals surface area contributed by atoms with Crippen LogP contribution in [0.4, 0.5) is 0 Å². The van der Waals surface area contributed by atoms with E-state index in [1.807, 2.05) is 24.3 Å². The second-order valence-electron chi connectivity index (χ2n) is 4.63. The highest BCUT2D eigenvalue weighted by atomic mass is 79.9. The highest BCUT2D eigenvalue weighted by Crippen LogP contribution is 2.31. The van der Waals surface area contributed by atoms with Crippen molar-refractivity contribution in [1.82, 2.24) is 0 Å². The van der Waals surface area contributed by atoms with Crippen LogP contribution in [0.25, 0.3) is 0 Å². The van der Waals surface area contributed by atoms with Crippen LogP contribution in [-0.4, -0.2) is 0 Å². The minimum absolute atomic E-state index is 0.00582. The Kier molecular flexibility index (Phi) is 5.44. The fourth-order valence-corrected chi connectivity index (χ4v) is 2.78. The van der Waals surface area contributed by atoms with E-state index in [9.17, 15) is 0 Å². The zero-order valence-corrected chi connectivity index (χ0v) is 13.0. The molecule has 0 amide bonds. The van der Waals surface area contributed by atoms with Crippen molar-refractivity contribution in [2.24, 2.45) is 5.73 Å². The smallest absolute Gasteiger partial charge is 0.0595 e. The molecule has 1 unspecified atom stereocenters. The molecule has 0 saturated heterocycles. The average molecular weight is 339 g/mol. The normalized spacial score (nSPS) is 12.4. The first-order valence-corrected chi connectivity index (χ1v) is 7.59. The minimum atomic E-state index is -0.00582. The highest BCUT2D eigenvalue weighted by Gasteiger charge is 2.11. The summed E-state index contributed by atoms with van der Waals surface area (Å²) in [4.78, 5) is 0. The van der Waals surface area contributed by atoms with Gasteiger partial charge in [-0.3, -0.25) is 0 Å². The molecule has 2 N–H and O–H groups in total. The van der Waals surface area contributed by atoms with Crippen molar-refractivity contribution in [3.05, 3.63) is 69.2 Å². The number of hydrogen-bond donors (Lipinski definition) is 1. The van der Waals surface area contributed by atoms with E-state index < -0.39 is 0 Å². The lowest BCUT2D eigenvalue weighted by molar-refractivity contribution is 0.611. The molecule has 100 valence electrons. The Balaban J connectivity index is 1.91. The van der Waals surface area contributed by atoms with Crippen LogP contribution in [0.3, 0.4) is 0 Å². The van der Waals surface area contributed by atoms with Crippen molar-refractivity contribution in [2.45, 2.75) is 25.3 Å². The van der Waals surface area contributed by atoms with Gasteiger partial charge in [0.25, 0.3) is 0 Å². The summed E-state index contributed by atoms with van der Waals surface area (Å²) in [6, 6.07) is 16.4. The van der Waals surface area contributed by atoms with E-state index in [1.54, 1.807) is 0 Å². The average Bonchev–Trinajstić information content (AvgIpc) is 2.43. The van der Waals surface area contributed by atoms with Crippen molar-refractivity contribution in [3.63, 3.8) is 0 Å². The van der Waals surface area contributed by atoms with Crippen LogP contribution in [0.1, 0.15) is 30.0 Å². The van der Waals surface area contributed by atoms with Gasteiger partial charge in [-0.25, -0.2) is 0 Å². The molecule has 0 aliphatic heterocycles. The Bertz CT molecular complexity index is 528. The second kappa shape index (κ2) is 7.09. The Morgan fingerprint density at radius 2 is 1.79 bits per heavy atom. The molecule has 3 heteroatoms. The Morgan fingerprint density at radius 1 is 1.05 bits per heavy atom. The fraction of sp³-hybridized carbons (Fsp3) is 0.250. The largest absolute Gasteiger partial charge is 0.324 e. The first-order chi connectivity index (χ1) is 9.18. The number of nitrogens with two attached hydrogens (primary N) is 1. The first-order valence-electron chi connectivity index (χ1n) is 6.42. The van der Waals surface area contributed by atoms with Gasteiger partial charge in [0.05, 0.1) is 5.02 Å². The third kappa shape index (κ3) is 4.07. The van der Waals surface area contributed by atoms with Crippen LogP contribution >= 0.6 is 27.5 Å². The second-order valence-corrected chi connectivity index (χ2v) is 5.86. The van der Waals surface area contributed by atoms with Crippen LogP contribution in [0.2, 0.25) is 5.02 Å². The molecule has 2 aromatic rings. The third-order valence-corrected chi connectivity index (χ3v) is 4.52. The predicted molar refractivity (Wildman–Crippen MR) is 85.5 cm³/mol. The maximum atomic E-state index is 6.26. The van der Waals surface area contributed by atoms with E-state index in [4.69, 9.17) is 17.3 Å². The number of benzene rings is 2. The van der Waals surface area contributed by atoms with Crippen LogP contribution < -0.4 is 5.73 Å². The summed E-state index contributed by atoms with van der Waals surface area (Å²) in [5, 5.41) is 0.731. The van der Waals surface area contributed by atoms with Gasteiger partial charge in [0, 0.05) is 10.5 Å². The fourth-order valence-electron chi connectivity index (χ4n) is 2.13. The molecule has 0 aromatic heterocycles. The summed E-state index contributed by atoms with van der Waals surface area (Å²) in [5.74, 6) is 0. The van der Waals surface area contributed by atoms with Gasteiger partial charge in [0.1, 0.15) is 0 Å². The Hall–Kier alpha value is -0.830. The van der Waals surface area contributed by atoms with Crippen molar-refractivity contribution >= 4 is 27.5 Å². The highest BCUT2D eigenvalue weighted by molar-refractivity contribution is 9.10. The standard InChI is InChI=1S/C16H17BrClN/c17-14-10-5-9-13(16(14)18)15(19)11-4-8-12-6-2-1-3-7-12/h1-3,5-7,9-10,15H,4,8,11,19H2. The monoisotopic (exact) mass is 337 g/mol. The molecule has 19 heavy (non-hydrogen) atoms. The van der Waals surface area contributed by atoms with Gasteiger partial charge in [0.15, 0.2) is 0 Å². The molecule has 2 rings (SSSR count). The number of aryl methyl sites for hydroxylation is 1. The van der Waals surface area contributed by atoms with Gasteiger partial charge >= 0.3 is 0 Å². The summed E-state index contributed by atoms with van der Waals surface area (Å²) in [6.45, 7) is 0. The van der Waals surface area contributed by atoms with E-state index in [1.165, 1.54) is 5.56 Å². The molecule has 0 fully saturated rings. The van der Waals surface area contributed by atoms with Crippen LogP contribution in [-0.2, 0) is 6.42 Å². The van der Waals surface area contributed by atoms with Crippen LogP contribution in [0.15, 0.2) is 53.0 Å². The molecule has 0 radical (unpaired) electrons. The van der Waals surface area contributed by atoms with E-state index >= 15 is 0 Å². The summed E-state index contributed by atoms with van der Waals surface area (Å²) in [7, 11) is 0. The summed E-state index contributed by atoms with van der Waals surface area (Å²) in [6.07, 6.45) is 3.05. The lowest BCUT2D eigenvalue weighted by Crippen LogP contribution is -2.11. The molecular weight excluding hydrogens is 322 g/mol. The molecule has 0 heterocycles. The summed E-state index contributed by atoms with van der Waals surface area (Å²) >= 11 is 9.69. The van der Waals surface area contributed by atoms with Crippen molar-refractivity contribution in [1.29, 1.82) is 0 Å². The summed E-state index contributed by atoms with van der Waals surface area (Å²) in [5.41, 5.74) is 8.60. The van der Waals surface area contributed by atoms with Gasteiger partial charge in [0.2, 0.25) is 0 Å². The molecular formula is C16H17BrClN. The van der Waals surface area contributed by atoms with Gasteiger partial charge in [-0.05, 0) is 52.4 Å². The minimum Gasteiger partial charge on any atom is -0.324 e. The maximum absolute atomic E-state index is 6.26. The molecule has 0 aliphatic carbocycles. The molecule has 1 atom stereocenters. The lowest BCUT2D eigenvalue weighted by atomic mass is 10.00. The van der Waals surface area contributed by atoms with Crippen molar-refractivity contribution in [3.8, 4) is 0 Å². The summed E-state index contributed by atoms with van der Waals surface area (Å²) < 4.78 is 0.908. The lowest BCUT2D eigenvalue weighted by Gasteiger charge is -2.14. The number of halogens is 2. The van der Waals surface area contributed by atoms with Gasteiger partial charge in [-0.1, -0.05) is 54.1 Å². The number of hydrogen-bond acceptors (Lipinski definition) is 1.